The highest BCUT2D eigenvalue weighted by Gasteiger charge is 2.48. The van der Waals surface area contributed by atoms with Gasteiger partial charge in [-0.1, -0.05) is 18.5 Å². The average molecular weight is 335 g/mol. The predicted octanol–water partition coefficient (Wildman–Crippen LogP) is 2.83. The minimum absolute atomic E-state index is 0.156. The van der Waals surface area contributed by atoms with Gasteiger partial charge in [-0.15, -0.1) is 0 Å². The van der Waals surface area contributed by atoms with Crippen molar-refractivity contribution >= 4 is 39.2 Å². The average Bonchev–Trinajstić information content (AvgIpc) is 2.63. The van der Waals surface area contributed by atoms with Crippen LogP contribution in [0, 0.1) is 5.92 Å². The summed E-state index contributed by atoms with van der Waals surface area (Å²) < 4.78 is 0.644. The molecule has 0 amide bonds. The van der Waals surface area contributed by atoms with Gasteiger partial charge in [0.05, 0.1) is 10.9 Å². The second-order valence-corrected chi connectivity index (χ2v) is 5.59. The molecule has 18 heavy (non-hydrogen) atoms. The van der Waals surface area contributed by atoms with E-state index in [4.69, 9.17) is 11.6 Å². The number of aliphatic hydroxyl groups is 1. The Morgan fingerprint density at radius 3 is 2.89 bits per heavy atom. The highest BCUT2D eigenvalue weighted by molar-refractivity contribution is 9.10. The third kappa shape index (κ3) is 1.90. The van der Waals surface area contributed by atoms with Gasteiger partial charge in [0.25, 0.3) is 0 Å². The Kier molecular flexibility index (Phi) is 3.58. The van der Waals surface area contributed by atoms with Crippen LogP contribution in [0.15, 0.2) is 16.6 Å². The van der Waals surface area contributed by atoms with Crippen LogP contribution in [0.25, 0.3) is 0 Å². The third-order valence-corrected chi connectivity index (χ3v) is 4.64. The number of halogens is 2. The molecule has 1 heterocycles. The van der Waals surface area contributed by atoms with Crippen LogP contribution in [0.5, 0.6) is 0 Å². The fraction of sp³-hybridized carbons (Fsp3) is 0.417. The fourth-order valence-electron chi connectivity index (χ4n) is 2.45. The van der Waals surface area contributed by atoms with E-state index in [1.807, 2.05) is 0 Å². The molecule has 0 radical (unpaired) electrons. The van der Waals surface area contributed by atoms with Gasteiger partial charge in [-0.2, -0.15) is 0 Å². The molecule has 0 aromatic heterocycles. The van der Waals surface area contributed by atoms with Crippen LogP contribution < -0.4 is 5.32 Å². The van der Waals surface area contributed by atoms with Crippen LogP contribution in [-0.4, -0.2) is 22.7 Å². The molecule has 1 aliphatic heterocycles. The van der Waals surface area contributed by atoms with Crippen LogP contribution in [0.1, 0.15) is 18.9 Å². The van der Waals surface area contributed by atoms with Crippen molar-refractivity contribution in [3.8, 4) is 0 Å². The number of benzene rings is 1. The number of fused-ring (bicyclic) bond motifs is 1. The van der Waals surface area contributed by atoms with E-state index in [9.17, 15) is 15.0 Å². The van der Waals surface area contributed by atoms with E-state index in [2.05, 4.69) is 21.2 Å². The molecule has 2 rings (SSSR count). The number of rotatable bonds is 3. The van der Waals surface area contributed by atoms with E-state index in [1.165, 1.54) is 0 Å². The number of hydrogen-bond donors (Lipinski definition) is 3. The lowest BCUT2D eigenvalue weighted by Gasteiger charge is -2.29. The largest absolute Gasteiger partial charge is 0.481 e. The lowest BCUT2D eigenvalue weighted by atomic mass is 9.81. The SMILES string of the molecule is CCC(C(=O)O)C1(O)CNc2ccc(Br)c(Cl)c21. The molecule has 4 nitrogen and oxygen atoms in total. The van der Waals surface area contributed by atoms with Crippen LogP contribution >= 0.6 is 27.5 Å². The molecule has 98 valence electrons. The van der Waals surface area contributed by atoms with E-state index in [0.29, 0.717) is 27.2 Å². The van der Waals surface area contributed by atoms with Gasteiger partial charge in [-0.05, 0) is 34.5 Å². The Morgan fingerprint density at radius 2 is 2.33 bits per heavy atom. The normalized spacial score (nSPS) is 23.3. The molecule has 0 saturated carbocycles. The molecule has 0 bridgehead atoms. The van der Waals surface area contributed by atoms with Crippen LogP contribution in [0.4, 0.5) is 5.69 Å². The zero-order valence-corrected chi connectivity index (χ0v) is 12.0. The molecule has 0 aliphatic carbocycles. The van der Waals surface area contributed by atoms with Crippen molar-refractivity contribution in [3.05, 3.63) is 27.2 Å². The molecule has 0 spiro atoms. The topological polar surface area (TPSA) is 69.6 Å². The maximum Gasteiger partial charge on any atom is 0.309 e. The Balaban J connectivity index is 2.59. The molecule has 2 atom stereocenters. The lowest BCUT2D eigenvalue weighted by molar-refractivity contribution is -0.151. The number of carbonyl (C=O) groups is 1. The van der Waals surface area contributed by atoms with Gasteiger partial charge in [0.15, 0.2) is 0 Å². The summed E-state index contributed by atoms with van der Waals surface area (Å²) in [5, 5.41) is 23.3. The van der Waals surface area contributed by atoms with Crippen molar-refractivity contribution < 1.29 is 15.0 Å². The first-order chi connectivity index (χ1) is 8.41. The number of nitrogens with one attached hydrogen (secondary N) is 1. The molecule has 2 unspecified atom stereocenters. The monoisotopic (exact) mass is 333 g/mol. The highest BCUT2D eigenvalue weighted by Crippen LogP contribution is 2.47. The van der Waals surface area contributed by atoms with Crippen LogP contribution in [0.2, 0.25) is 5.02 Å². The van der Waals surface area contributed by atoms with Gasteiger partial charge in [-0.3, -0.25) is 4.79 Å². The van der Waals surface area contributed by atoms with E-state index >= 15 is 0 Å². The van der Waals surface area contributed by atoms with E-state index in [-0.39, 0.29) is 6.54 Å². The zero-order chi connectivity index (χ0) is 13.5. The summed E-state index contributed by atoms with van der Waals surface area (Å²) in [5.41, 5.74) is -0.324. The molecule has 1 aromatic carbocycles. The zero-order valence-electron chi connectivity index (χ0n) is 9.70. The Bertz CT molecular complexity index is 508. The highest BCUT2D eigenvalue weighted by atomic mass is 79.9. The maximum atomic E-state index is 11.3. The second-order valence-electron chi connectivity index (χ2n) is 4.36. The number of carboxylic acid groups (broad SMARTS) is 1. The fourth-order valence-corrected chi connectivity index (χ4v) is 3.11. The molecule has 1 aliphatic rings. The summed E-state index contributed by atoms with van der Waals surface area (Å²) in [7, 11) is 0. The Labute approximate surface area is 118 Å². The number of aliphatic carboxylic acids is 1. The molecule has 0 saturated heterocycles. The Hall–Kier alpha value is -0.780. The van der Waals surface area contributed by atoms with Crippen molar-refractivity contribution in [1.29, 1.82) is 0 Å². The summed E-state index contributed by atoms with van der Waals surface area (Å²) in [6.45, 7) is 1.89. The summed E-state index contributed by atoms with van der Waals surface area (Å²) in [4.78, 5) is 11.3. The minimum Gasteiger partial charge on any atom is -0.481 e. The summed E-state index contributed by atoms with van der Waals surface area (Å²) in [6.07, 6.45) is 0.329. The molecular weight excluding hydrogens is 321 g/mol. The van der Waals surface area contributed by atoms with Crippen molar-refractivity contribution in [2.45, 2.75) is 18.9 Å². The van der Waals surface area contributed by atoms with Crippen molar-refractivity contribution in [1.82, 2.24) is 0 Å². The number of β-amino-alcohol motifs (C(OH)–C–C–N with tert-alkyl or cyclic N) is 1. The van der Waals surface area contributed by atoms with Gasteiger partial charge in [-0.25, -0.2) is 0 Å². The van der Waals surface area contributed by atoms with E-state index < -0.39 is 17.5 Å². The minimum atomic E-state index is -1.48. The van der Waals surface area contributed by atoms with Gasteiger partial charge in [0.2, 0.25) is 0 Å². The van der Waals surface area contributed by atoms with Gasteiger partial charge >= 0.3 is 5.97 Å². The molecule has 0 fully saturated rings. The van der Waals surface area contributed by atoms with Crippen molar-refractivity contribution in [2.75, 3.05) is 11.9 Å². The quantitative estimate of drug-likeness (QED) is 0.795. The molecule has 6 heteroatoms. The lowest BCUT2D eigenvalue weighted by Crippen LogP contribution is -2.41. The van der Waals surface area contributed by atoms with Crippen LogP contribution in [0.3, 0.4) is 0 Å². The van der Waals surface area contributed by atoms with Crippen molar-refractivity contribution in [2.24, 2.45) is 5.92 Å². The van der Waals surface area contributed by atoms with Gasteiger partial charge in [0.1, 0.15) is 5.60 Å². The van der Waals surface area contributed by atoms with E-state index in [0.717, 1.165) is 0 Å². The number of carboxylic acids is 1. The first-order valence-electron chi connectivity index (χ1n) is 5.59. The van der Waals surface area contributed by atoms with Gasteiger partial charge < -0.3 is 15.5 Å². The van der Waals surface area contributed by atoms with Gasteiger partial charge in [0, 0.05) is 22.3 Å². The summed E-state index contributed by atoms with van der Waals surface area (Å²) in [6, 6.07) is 3.54. The van der Waals surface area contributed by atoms with E-state index in [1.54, 1.807) is 19.1 Å². The first kappa shape index (κ1) is 13.6. The van der Waals surface area contributed by atoms with Crippen LogP contribution in [-0.2, 0) is 10.4 Å². The summed E-state index contributed by atoms with van der Waals surface area (Å²) >= 11 is 9.48. The summed E-state index contributed by atoms with van der Waals surface area (Å²) in [5.74, 6) is -1.91. The van der Waals surface area contributed by atoms with Crippen molar-refractivity contribution in [3.63, 3.8) is 0 Å². The smallest absolute Gasteiger partial charge is 0.309 e. The number of hydrogen-bond acceptors (Lipinski definition) is 3. The number of anilines is 1. The Morgan fingerprint density at radius 1 is 1.67 bits per heavy atom. The predicted molar refractivity (Wildman–Crippen MR) is 73.0 cm³/mol. The molecule has 3 N–H and O–H groups in total. The first-order valence-corrected chi connectivity index (χ1v) is 6.76. The molecular formula is C12H13BrClNO3. The molecule has 1 aromatic rings. The standard InChI is InChI=1S/C12H13BrClNO3/c1-2-6(11(16)17)12(18)5-15-8-4-3-7(13)10(14)9(8)12/h3-4,6,15,18H,2,5H2,1H3,(H,16,17). The second kappa shape index (κ2) is 4.72. The third-order valence-electron chi connectivity index (χ3n) is 3.36. The maximum absolute atomic E-state index is 11.3.